The maximum Gasteiger partial charge on any atom is 0.00670 e. The smallest absolute Gasteiger partial charge is 0.00670 e. The molecule has 1 heterocycles. The number of unbranched alkanes of at least 4 members (excludes halogenated alkanes) is 6. The summed E-state index contributed by atoms with van der Waals surface area (Å²) in [6, 6.07) is 0.841. The minimum absolute atomic E-state index is 0.841. The lowest BCUT2D eigenvalue weighted by atomic mass is 10.0. The minimum Gasteiger partial charge on any atom is -0.314 e. The van der Waals surface area contributed by atoms with Crippen LogP contribution in [0.25, 0.3) is 0 Å². The van der Waals surface area contributed by atoms with Gasteiger partial charge in [0.1, 0.15) is 0 Å². The van der Waals surface area contributed by atoms with Gasteiger partial charge >= 0.3 is 0 Å². The van der Waals surface area contributed by atoms with Gasteiger partial charge in [-0.15, -0.1) is 0 Å². The van der Waals surface area contributed by atoms with Crippen LogP contribution in [0.2, 0.25) is 0 Å². The summed E-state index contributed by atoms with van der Waals surface area (Å²) in [6.07, 6.45) is 18.8. The standard InChI is InChI=1S/C18H37N/c1-17(2)13-9-6-4-3-5-7-10-14-18-15-11-8-12-16-19-18/h17-19H,3-16H2,1-2H3. The largest absolute Gasteiger partial charge is 0.314 e. The van der Waals surface area contributed by atoms with Crippen LogP contribution in [0.4, 0.5) is 0 Å². The van der Waals surface area contributed by atoms with Crippen molar-refractivity contribution < 1.29 is 0 Å². The highest BCUT2D eigenvalue weighted by atomic mass is 14.9. The molecule has 1 heteroatoms. The van der Waals surface area contributed by atoms with Gasteiger partial charge in [-0.2, -0.15) is 0 Å². The maximum atomic E-state index is 3.71. The van der Waals surface area contributed by atoms with Gasteiger partial charge in [0.05, 0.1) is 0 Å². The summed E-state index contributed by atoms with van der Waals surface area (Å²) in [5.74, 6) is 0.895. The van der Waals surface area contributed by atoms with E-state index < -0.39 is 0 Å². The molecule has 1 N–H and O–H groups in total. The topological polar surface area (TPSA) is 12.0 Å². The van der Waals surface area contributed by atoms with Crippen molar-refractivity contribution in [3.8, 4) is 0 Å². The average molecular weight is 268 g/mol. The van der Waals surface area contributed by atoms with Gasteiger partial charge in [0, 0.05) is 6.04 Å². The highest BCUT2D eigenvalue weighted by Gasteiger charge is 2.10. The van der Waals surface area contributed by atoms with Gasteiger partial charge < -0.3 is 5.32 Å². The molecule has 0 amide bonds. The minimum atomic E-state index is 0.841. The first-order valence-electron chi connectivity index (χ1n) is 9.02. The second kappa shape index (κ2) is 11.8. The van der Waals surface area contributed by atoms with E-state index >= 15 is 0 Å². The van der Waals surface area contributed by atoms with Crippen molar-refractivity contribution in [2.75, 3.05) is 6.54 Å². The van der Waals surface area contributed by atoms with Gasteiger partial charge in [-0.25, -0.2) is 0 Å². The van der Waals surface area contributed by atoms with Crippen LogP contribution in [0, 0.1) is 5.92 Å². The van der Waals surface area contributed by atoms with E-state index in [0.29, 0.717) is 0 Å². The molecule has 0 aromatic heterocycles. The Bertz CT molecular complexity index is 180. The molecule has 1 aliphatic heterocycles. The average Bonchev–Trinajstić information content (AvgIpc) is 2.65. The Kier molecular flexibility index (Phi) is 10.5. The van der Waals surface area contributed by atoms with E-state index in [-0.39, 0.29) is 0 Å². The molecule has 1 unspecified atom stereocenters. The normalized spacial score (nSPS) is 20.7. The van der Waals surface area contributed by atoms with Gasteiger partial charge in [-0.1, -0.05) is 78.1 Å². The highest BCUT2D eigenvalue weighted by Crippen LogP contribution is 2.16. The molecular weight excluding hydrogens is 230 g/mol. The summed E-state index contributed by atoms with van der Waals surface area (Å²) in [5, 5.41) is 3.71. The van der Waals surface area contributed by atoms with Gasteiger partial charge in [0.15, 0.2) is 0 Å². The van der Waals surface area contributed by atoms with E-state index in [1.54, 1.807) is 0 Å². The van der Waals surface area contributed by atoms with E-state index in [4.69, 9.17) is 0 Å². The van der Waals surface area contributed by atoms with Crippen LogP contribution < -0.4 is 5.32 Å². The molecule has 1 fully saturated rings. The molecular formula is C18H37N. The predicted molar refractivity (Wildman–Crippen MR) is 86.6 cm³/mol. The molecule has 1 nitrogen and oxygen atoms in total. The lowest BCUT2D eigenvalue weighted by molar-refractivity contribution is 0.447. The van der Waals surface area contributed by atoms with Gasteiger partial charge in [-0.3, -0.25) is 0 Å². The van der Waals surface area contributed by atoms with Gasteiger partial charge in [-0.05, 0) is 31.7 Å². The van der Waals surface area contributed by atoms with Crippen molar-refractivity contribution in [1.82, 2.24) is 5.32 Å². The first kappa shape index (κ1) is 17.0. The van der Waals surface area contributed by atoms with Gasteiger partial charge in [0.25, 0.3) is 0 Å². The molecule has 0 aromatic rings. The number of rotatable bonds is 10. The number of hydrogen-bond donors (Lipinski definition) is 1. The van der Waals surface area contributed by atoms with E-state index in [1.807, 2.05) is 0 Å². The zero-order chi connectivity index (χ0) is 13.8. The van der Waals surface area contributed by atoms with Crippen LogP contribution in [-0.2, 0) is 0 Å². The van der Waals surface area contributed by atoms with Crippen LogP contribution in [0.15, 0.2) is 0 Å². The molecule has 114 valence electrons. The Morgan fingerprint density at radius 3 is 2.26 bits per heavy atom. The van der Waals surface area contributed by atoms with Crippen molar-refractivity contribution in [3.05, 3.63) is 0 Å². The number of nitrogens with one attached hydrogen (secondary N) is 1. The Balaban J connectivity index is 1.80. The first-order valence-corrected chi connectivity index (χ1v) is 9.02. The van der Waals surface area contributed by atoms with Crippen LogP contribution in [0.1, 0.15) is 97.3 Å². The molecule has 0 bridgehead atoms. The summed E-state index contributed by atoms with van der Waals surface area (Å²) in [5.41, 5.74) is 0. The van der Waals surface area contributed by atoms with Crippen molar-refractivity contribution in [2.24, 2.45) is 5.92 Å². The Morgan fingerprint density at radius 1 is 0.842 bits per heavy atom. The van der Waals surface area contributed by atoms with E-state index in [9.17, 15) is 0 Å². The van der Waals surface area contributed by atoms with E-state index in [1.165, 1.54) is 90.0 Å². The van der Waals surface area contributed by atoms with Crippen molar-refractivity contribution in [2.45, 2.75) is 103 Å². The Labute approximate surface area is 121 Å². The molecule has 1 aliphatic rings. The van der Waals surface area contributed by atoms with E-state index in [0.717, 1.165) is 12.0 Å². The SMILES string of the molecule is CC(C)CCCCCCCCCC1CCCCCN1. The molecule has 1 atom stereocenters. The fourth-order valence-electron chi connectivity index (χ4n) is 3.17. The van der Waals surface area contributed by atoms with Crippen molar-refractivity contribution in [1.29, 1.82) is 0 Å². The number of hydrogen-bond acceptors (Lipinski definition) is 1. The second-order valence-electron chi connectivity index (χ2n) is 6.95. The lowest BCUT2D eigenvalue weighted by Crippen LogP contribution is -2.27. The second-order valence-corrected chi connectivity index (χ2v) is 6.95. The summed E-state index contributed by atoms with van der Waals surface area (Å²) in [6.45, 7) is 5.93. The van der Waals surface area contributed by atoms with Crippen LogP contribution >= 0.6 is 0 Å². The third kappa shape index (κ3) is 10.4. The van der Waals surface area contributed by atoms with Crippen LogP contribution in [0.3, 0.4) is 0 Å². The first-order chi connectivity index (χ1) is 9.29. The van der Waals surface area contributed by atoms with Crippen molar-refractivity contribution in [3.63, 3.8) is 0 Å². The quantitative estimate of drug-likeness (QED) is 0.502. The summed E-state index contributed by atoms with van der Waals surface area (Å²) >= 11 is 0. The fraction of sp³-hybridized carbons (Fsp3) is 1.00. The van der Waals surface area contributed by atoms with E-state index in [2.05, 4.69) is 19.2 Å². The molecule has 19 heavy (non-hydrogen) atoms. The predicted octanol–water partition coefficient (Wildman–Crippen LogP) is 5.69. The van der Waals surface area contributed by atoms with Crippen LogP contribution in [-0.4, -0.2) is 12.6 Å². The fourth-order valence-corrected chi connectivity index (χ4v) is 3.17. The van der Waals surface area contributed by atoms with Crippen molar-refractivity contribution >= 4 is 0 Å². The highest BCUT2D eigenvalue weighted by molar-refractivity contribution is 4.70. The molecule has 0 saturated carbocycles. The molecule has 0 spiro atoms. The monoisotopic (exact) mass is 267 g/mol. The summed E-state index contributed by atoms with van der Waals surface area (Å²) in [7, 11) is 0. The molecule has 1 rings (SSSR count). The molecule has 0 aliphatic carbocycles. The zero-order valence-corrected chi connectivity index (χ0v) is 13.6. The zero-order valence-electron chi connectivity index (χ0n) is 13.6. The Hall–Kier alpha value is -0.0400. The molecule has 0 radical (unpaired) electrons. The summed E-state index contributed by atoms with van der Waals surface area (Å²) in [4.78, 5) is 0. The Morgan fingerprint density at radius 2 is 1.53 bits per heavy atom. The summed E-state index contributed by atoms with van der Waals surface area (Å²) < 4.78 is 0. The lowest BCUT2D eigenvalue weighted by Gasteiger charge is -2.15. The molecule has 0 aromatic carbocycles. The third-order valence-corrected chi connectivity index (χ3v) is 4.50. The third-order valence-electron chi connectivity index (χ3n) is 4.50. The molecule has 1 saturated heterocycles. The maximum absolute atomic E-state index is 3.71. The van der Waals surface area contributed by atoms with Gasteiger partial charge in [0.2, 0.25) is 0 Å². The van der Waals surface area contributed by atoms with Crippen LogP contribution in [0.5, 0.6) is 0 Å².